The fraction of sp³-hybridized carbons (Fsp3) is 0.190. The molecule has 0 aliphatic carbocycles. The molecule has 0 spiro atoms. The van der Waals surface area contributed by atoms with Crippen molar-refractivity contribution in [3.8, 4) is 0 Å². The first-order valence-corrected chi connectivity index (χ1v) is 9.06. The summed E-state index contributed by atoms with van der Waals surface area (Å²) in [5.74, 6) is -0.387. The zero-order valence-corrected chi connectivity index (χ0v) is 15.5. The number of fused-ring (bicyclic) bond motifs is 1. The molecule has 0 atom stereocenters. The van der Waals surface area contributed by atoms with Crippen LogP contribution < -0.4 is 5.32 Å². The number of rotatable bonds is 6. The van der Waals surface area contributed by atoms with Crippen molar-refractivity contribution in [2.75, 3.05) is 5.32 Å². The molecule has 0 aliphatic heterocycles. The average Bonchev–Trinajstić information content (AvgIpc) is 3.27. The van der Waals surface area contributed by atoms with E-state index in [0.717, 1.165) is 22.0 Å². The van der Waals surface area contributed by atoms with E-state index in [2.05, 4.69) is 15.5 Å². The third kappa shape index (κ3) is 3.93. The van der Waals surface area contributed by atoms with E-state index >= 15 is 0 Å². The number of hydrogen-bond acceptors (Lipinski definition) is 3. The summed E-state index contributed by atoms with van der Waals surface area (Å²) >= 11 is 0. The minimum absolute atomic E-state index is 0.109. The third-order valence-electron chi connectivity index (χ3n) is 4.56. The van der Waals surface area contributed by atoms with E-state index in [1.807, 2.05) is 42.1 Å². The molecule has 2 aromatic heterocycles. The predicted octanol–water partition coefficient (Wildman–Crippen LogP) is 3.76. The highest BCUT2D eigenvalue weighted by Crippen LogP contribution is 2.18. The average molecular weight is 377 g/mol. The number of halogens is 1. The molecule has 7 heteroatoms. The Morgan fingerprint density at radius 2 is 2.00 bits per heavy atom. The number of carbonyl (C=O) groups is 1. The lowest BCUT2D eigenvalue weighted by Gasteiger charge is -2.06. The van der Waals surface area contributed by atoms with Gasteiger partial charge in [0.15, 0.2) is 0 Å². The van der Waals surface area contributed by atoms with Gasteiger partial charge in [0.2, 0.25) is 5.91 Å². The molecule has 1 amide bonds. The molecule has 0 saturated carbocycles. The SMILES string of the molecule is Cc1cccc2cnn(CCC(=O)Nc3cnn(Cc4cccc(F)c4)c3)c12. The maximum atomic E-state index is 13.3. The van der Waals surface area contributed by atoms with Crippen molar-refractivity contribution >= 4 is 22.5 Å². The van der Waals surface area contributed by atoms with Gasteiger partial charge in [-0.3, -0.25) is 14.2 Å². The highest BCUT2D eigenvalue weighted by Gasteiger charge is 2.09. The van der Waals surface area contributed by atoms with Crippen LogP contribution in [-0.2, 0) is 17.9 Å². The summed E-state index contributed by atoms with van der Waals surface area (Å²) < 4.78 is 16.8. The molecular weight excluding hydrogens is 357 g/mol. The maximum absolute atomic E-state index is 13.3. The summed E-state index contributed by atoms with van der Waals surface area (Å²) in [4.78, 5) is 12.3. The Kier molecular flexibility index (Phi) is 4.89. The van der Waals surface area contributed by atoms with Crippen LogP contribution >= 0.6 is 0 Å². The van der Waals surface area contributed by atoms with Gasteiger partial charge in [-0.05, 0) is 30.2 Å². The number of nitrogens with zero attached hydrogens (tertiary/aromatic N) is 4. The van der Waals surface area contributed by atoms with Crippen molar-refractivity contribution in [1.29, 1.82) is 0 Å². The van der Waals surface area contributed by atoms with Crippen LogP contribution in [0.25, 0.3) is 10.9 Å². The first-order valence-electron chi connectivity index (χ1n) is 9.06. The highest BCUT2D eigenvalue weighted by atomic mass is 19.1. The predicted molar refractivity (Wildman–Crippen MR) is 105 cm³/mol. The number of nitrogens with one attached hydrogen (secondary N) is 1. The Morgan fingerprint density at radius 3 is 2.86 bits per heavy atom. The second kappa shape index (κ2) is 7.64. The number of hydrogen-bond donors (Lipinski definition) is 1. The molecular formula is C21H20FN5O. The largest absolute Gasteiger partial charge is 0.323 e. The fourth-order valence-corrected chi connectivity index (χ4v) is 3.27. The maximum Gasteiger partial charge on any atom is 0.226 e. The van der Waals surface area contributed by atoms with Gasteiger partial charge < -0.3 is 5.32 Å². The monoisotopic (exact) mass is 377 g/mol. The smallest absolute Gasteiger partial charge is 0.226 e. The van der Waals surface area contributed by atoms with Gasteiger partial charge in [0.25, 0.3) is 0 Å². The van der Waals surface area contributed by atoms with Crippen LogP contribution in [0.15, 0.2) is 61.1 Å². The number of anilines is 1. The Morgan fingerprint density at radius 1 is 1.14 bits per heavy atom. The summed E-state index contributed by atoms with van der Waals surface area (Å²) in [5, 5.41) is 12.5. The van der Waals surface area contributed by atoms with Crippen molar-refractivity contribution in [2.45, 2.75) is 26.4 Å². The first-order chi connectivity index (χ1) is 13.6. The van der Waals surface area contributed by atoms with E-state index < -0.39 is 0 Å². The standard InChI is InChI=1S/C21H20FN5O/c1-15-4-2-6-17-11-24-27(21(15)17)9-8-20(28)25-19-12-23-26(14-19)13-16-5-3-7-18(22)10-16/h2-7,10-12,14H,8-9,13H2,1H3,(H,25,28). The van der Waals surface area contributed by atoms with E-state index in [1.165, 1.54) is 12.1 Å². The van der Waals surface area contributed by atoms with Gasteiger partial charge in [0.1, 0.15) is 5.82 Å². The van der Waals surface area contributed by atoms with E-state index in [-0.39, 0.29) is 11.7 Å². The van der Waals surface area contributed by atoms with Crippen LogP contribution in [-0.4, -0.2) is 25.5 Å². The van der Waals surface area contributed by atoms with Crippen molar-refractivity contribution in [3.63, 3.8) is 0 Å². The molecule has 4 rings (SSSR count). The zero-order chi connectivity index (χ0) is 19.5. The molecule has 0 bridgehead atoms. The van der Waals surface area contributed by atoms with Crippen LogP contribution in [0.4, 0.5) is 10.1 Å². The van der Waals surface area contributed by atoms with Crippen LogP contribution in [0.1, 0.15) is 17.5 Å². The molecule has 28 heavy (non-hydrogen) atoms. The lowest BCUT2D eigenvalue weighted by molar-refractivity contribution is -0.116. The number of aromatic nitrogens is 4. The number of amides is 1. The Hall–Kier alpha value is -3.48. The quantitative estimate of drug-likeness (QED) is 0.556. The van der Waals surface area contributed by atoms with Crippen LogP contribution in [0.2, 0.25) is 0 Å². The Bertz CT molecular complexity index is 1130. The summed E-state index contributed by atoms with van der Waals surface area (Å²) in [6.45, 7) is 2.97. The van der Waals surface area contributed by atoms with Crippen molar-refractivity contribution in [2.24, 2.45) is 0 Å². The van der Waals surface area contributed by atoms with Gasteiger partial charge in [0.05, 0.1) is 36.7 Å². The van der Waals surface area contributed by atoms with Crippen molar-refractivity contribution < 1.29 is 9.18 Å². The van der Waals surface area contributed by atoms with E-state index in [9.17, 15) is 9.18 Å². The van der Waals surface area contributed by atoms with Crippen molar-refractivity contribution in [1.82, 2.24) is 19.6 Å². The molecule has 6 nitrogen and oxygen atoms in total. The first kappa shape index (κ1) is 17.9. The van der Waals surface area contributed by atoms with Gasteiger partial charge in [-0.1, -0.05) is 30.3 Å². The molecule has 2 aromatic carbocycles. The number of benzene rings is 2. The summed E-state index contributed by atoms with van der Waals surface area (Å²) in [6.07, 6.45) is 5.44. The fourth-order valence-electron chi connectivity index (χ4n) is 3.27. The van der Waals surface area contributed by atoms with Gasteiger partial charge in [-0.2, -0.15) is 10.2 Å². The number of carbonyl (C=O) groups excluding carboxylic acids is 1. The van der Waals surface area contributed by atoms with Gasteiger partial charge in [-0.15, -0.1) is 0 Å². The molecule has 0 fully saturated rings. The molecule has 1 N–H and O–H groups in total. The topological polar surface area (TPSA) is 64.7 Å². The minimum atomic E-state index is -0.278. The number of para-hydroxylation sites is 1. The van der Waals surface area contributed by atoms with Crippen LogP contribution in [0.3, 0.4) is 0 Å². The number of aryl methyl sites for hydroxylation is 2. The second-order valence-corrected chi connectivity index (χ2v) is 6.74. The van der Waals surface area contributed by atoms with E-state index in [4.69, 9.17) is 0 Å². The van der Waals surface area contributed by atoms with E-state index in [0.29, 0.717) is 25.2 Å². The van der Waals surface area contributed by atoms with E-state index in [1.54, 1.807) is 23.1 Å². The second-order valence-electron chi connectivity index (χ2n) is 6.74. The molecule has 0 unspecified atom stereocenters. The Labute approximate surface area is 161 Å². The summed E-state index contributed by atoms with van der Waals surface area (Å²) in [6, 6.07) is 12.4. The summed E-state index contributed by atoms with van der Waals surface area (Å²) in [5.41, 5.74) is 3.61. The highest BCUT2D eigenvalue weighted by molar-refractivity contribution is 5.90. The normalized spacial score (nSPS) is 11.1. The zero-order valence-electron chi connectivity index (χ0n) is 15.5. The van der Waals surface area contributed by atoms with Gasteiger partial charge in [0, 0.05) is 18.0 Å². The van der Waals surface area contributed by atoms with Gasteiger partial charge in [-0.25, -0.2) is 4.39 Å². The molecule has 0 radical (unpaired) electrons. The summed E-state index contributed by atoms with van der Waals surface area (Å²) in [7, 11) is 0. The van der Waals surface area contributed by atoms with Crippen LogP contribution in [0, 0.1) is 12.7 Å². The molecule has 4 aromatic rings. The van der Waals surface area contributed by atoms with Crippen molar-refractivity contribution in [3.05, 3.63) is 78.0 Å². The third-order valence-corrected chi connectivity index (χ3v) is 4.56. The van der Waals surface area contributed by atoms with Crippen LogP contribution in [0.5, 0.6) is 0 Å². The molecule has 0 saturated heterocycles. The minimum Gasteiger partial charge on any atom is -0.323 e. The lowest BCUT2D eigenvalue weighted by Crippen LogP contribution is -2.14. The Balaban J connectivity index is 1.36. The molecule has 0 aliphatic rings. The molecule has 142 valence electrons. The lowest BCUT2D eigenvalue weighted by atomic mass is 10.2. The molecule has 2 heterocycles. The van der Waals surface area contributed by atoms with Gasteiger partial charge >= 0.3 is 0 Å².